The van der Waals surface area contributed by atoms with Crippen LogP contribution in [0, 0.1) is 6.92 Å². The summed E-state index contributed by atoms with van der Waals surface area (Å²) in [6.45, 7) is 1.95. The minimum absolute atomic E-state index is 0.339. The van der Waals surface area contributed by atoms with Crippen LogP contribution in [0.4, 0.5) is 5.95 Å². The van der Waals surface area contributed by atoms with Crippen molar-refractivity contribution in [2.75, 3.05) is 5.73 Å². The Morgan fingerprint density at radius 3 is 2.81 bits per heavy atom. The molecule has 16 heavy (non-hydrogen) atoms. The first-order valence-corrected chi connectivity index (χ1v) is 5.38. The van der Waals surface area contributed by atoms with E-state index in [-0.39, 0.29) is 0 Å². The molecular weight excluding hydrogens is 202 g/mol. The molecular formula is C11H13N5. The zero-order valence-electron chi connectivity index (χ0n) is 9.09. The molecule has 0 saturated heterocycles. The summed E-state index contributed by atoms with van der Waals surface area (Å²) in [6, 6.07) is 2.00. The predicted octanol–water partition coefficient (Wildman–Crippen LogP) is 1.43. The van der Waals surface area contributed by atoms with E-state index in [0.717, 1.165) is 17.2 Å². The predicted molar refractivity (Wildman–Crippen MR) is 60.3 cm³/mol. The number of nitrogen functional groups attached to an aromatic ring is 1. The van der Waals surface area contributed by atoms with Gasteiger partial charge in [0.25, 0.3) is 0 Å². The van der Waals surface area contributed by atoms with Crippen LogP contribution in [-0.2, 0) is 0 Å². The quantitative estimate of drug-likeness (QED) is 0.822. The lowest BCUT2D eigenvalue weighted by Crippen LogP contribution is -2.03. The van der Waals surface area contributed by atoms with Gasteiger partial charge in [-0.15, -0.1) is 0 Å². The molecule has 1 aliphatic carbocycles. The van der Waals surface area contributed by atoms with Crippen LogP contribution < -0.4 is 5.73 Å². The number of hydrogen-bond donors (Lipinski definition) is 1. The average molecular weight is 215 g/mol. The molecule has 0 spiro atoms. The molecule has 0 aliphatic heterocycles. The molecule has 1 fully saturated rings. The fourth-order valence-electron chi connectivity index (χ4n) is 1.74. The maximum Gasteiger partial charge on any atom is 0.222 e. The fourth-order valence-corrected chi connectivity index (χ4v) is 1.74. The van der Waals surface area contributed by atoms with E-state index in [2.05, 4.69) is 15.0 Å². The van der Waals surface area contributed by atoms with Crippen LogP contribution in [0.2, 0.25) is 0 Å². The van der Waals surface area contributed by atoms with Gasteiger partial charge in [-0.3, -0.25) is 4.57 Å². The van der Waals surface area contributed by atoms with Gasteiger partial charge in [0, 0.05) is 18.2 Å². The van der Waals surface area contributed by atoms with Crippen LogP contribution in [0.15, 0.2) is 18.6 Å². The minimum Gasteiger partial charge on any atom is -0.368 e. The third-order valence-corrected chi connectivity index (χ3v) is 2.72. The number of hydrogen-bond acceptors (Lipinski definition) is 4. The Morgan fingerprint density at radius 1 is 1.38 bits per heavy atom. The van der Waals surface area contributed by atoms with Crippen LogP contribution >= 0.6 is 0 Å². The number of aromatic nitrogens is 4. The summed E-state index contributed by atoms with van der Waals surface area (Å²) in [5.41, 5.74) is 7.73. The van der Waals surface area contributed by atoms with Crippen molar-refractivity contribution in [2.45, 2.75) is 25.7 Å². The van der Waals surface area contributed by atoms with E-state index in [1.54, 1.807) is 6.33 Å². The fraction of sp³-hybridized carbons (Fsp3) is 0.364. The highest BCUT2D eigenvalue weighted by Crippen LogP contribution is 2.39. The summed E-state index contributed by atoms with van der Waals surface area (Å²) in [4.78, 5) is 12.7. The van der Waals surface area contributed by atoms with Crippen molar-refractivity contribution in [3.63, 3.8) is 0 Å². The Labute approximate surface area is 93.4 Å². The van der Waals surface area contributed by atoms with Gasteiger partial charge in [0.1, 0.15) is 12.1 Å². The van der Waals surface area contributed by atoms with Crippen LogP contribution in [-0.4, -0.2) is 19.5 Å². The Balaban J connectivity index is 2.06. The monoisotopic (exact) mass is 215 g/mol. The van der Waals surface area contributed by atoms with Crippen molar-refractivity contribution < 1.29 is 0 Å². The lowest BCUT2D eigenvalue weighted by molar-refractivity contribution is 0.931. The molecule has 0 bridgehead atoms. The van der Waals surface area contributed by atoms with Gasteiger partial charge in [0.05, 0.1) is 11.4 Å². The number of nitrogens with two attached hydrogens (primary N) is 1. The largest absolute Gasteiger partial charge is 0.368 e. The second kappa shape index (κ2) is 3.30. The van der Waals surface area contributed by atoms with Crippen LogP contribution in [0.3, 0.4) is 0 Å². The molecule has 3 rings (SSSR count). The summed E-state index contributed by atoms with van der Waals surface area (Å²) in [6.07, 6.45) is 6.09. The number of aryl methyl sites for hydroxylation is 1. The van der Waals surface area contributed by atoms with Crippen molar-refractivity contribution in [1.82, 2.24) is 19.5 Å². The van der Waals surface area contributed by atoms with E-state index in [4.69, 9.17) is 5.73 Å². The van der Waals surface area contributed by atoms with E-state index >= 15 is 0 Å². The Morgan fingerprint density at radius 2 is 2.19 bits per heavy atom. The van der Waals surface area contributed by atoms with Crippen molar-refractivity contribution in [3.05, 3.63) is 30.0 Å². The van der Waals surface area contributed by atoms with Gasteiger partial charge in [-0.2, -0.15) is 4.98 Å². The molecule has 5 heteroatoms. The minimum atomic E-state index is 0.339. The highest BCUT2D eigenvalue weighted by atomic mass is 15.1. The van der Waals surface area contributed by atoms with Gasteiger partial charge in [-0.1, -0.05) is 0 Å². The molecule has 0 atom stereocenters. The third kappa shape index (κ3) is 1.64. The second-order valence-electron chi connectivity index (χ2n) is 4.21. The first kappa shape index (κ1) is 9.33. The average Bonchev–Trinajstić information content (AvgIpc) is 3.01. The Bertz CT molecular complexity index is 527. The van der Waals surface area contributed by atoms with E-state index in [1.165, 1.54) is 12.8 Å². The number of rotatable bonds is 2. The summed E-state index contributed by atoms with van der Waals surface area (Å²) < 4.78 is 1.87. The molecule has 2 N–H and O–H groups in total. The van der Waals surface area contributed by atoms with Crippen molar-refractivity contribution in [2.24, 2.45) is 0 Å². The van der Waals surface area contributed by atoms with Gasteiger partial charge in [-0.05, 0) is 19.8 Å². The molecule has 5 nitrogen and oxygen atoms in total. The number of anilines is 1. The SMILES string of the molecule is Cc1cn(-c2cc(C3CC3)nc(N)n2)cn1. The molecule has 2 aromatic rings. The summed E-state index contributed by atoms with van der Waals surface area (Å²) in [5, 5.41) is 0. The zero-order chi connectivity index (χ0) is 11.1. The van der Waals surface area contributed by atoms with Gasteiger partial charge < -0.3 is 5.73 Å². The molecule has 2 aromatic heterocycles. The van der Waals surface area contributed by atoms with Crippen LogP contribution in [0.25, 0.3) is 5.82 Å². The molecule has 1 aliphatic rings. The first-order chi connectivity index (χ1) is 7.72. The Hall–Kier alpha value is -1.91. The molecule has 1 saturated carbocycles. The van der Waals surface area contributed by atoms with E-state index in [0.29, 0.717) is 11.9 Å². The lowest BCUT2D eigenvalue weighted by Gasteiger charge is -2.04. The van der Waals surface area contributed by atoms with Crippen molar-refractivity contribution in [1.29, 1.82) is 0 Å². The molecule has 0 amide bonds. The van der Waals surface area contributed by atoms with Crippen LogP contribution in [0.5, 0.6) is 0 Å². The molecule has 0 aromatic carbocycles. The molecule has 2 heterocycles. The van der Waals surface area contributed by atoms with E-state index in [9.17, 15) is 0 Å². The van der Waals surface area contributed by atoms with Crippen LogP contribution in [0.1, 0.15) is 30.1 Å². The topological polar surface area (TPSA) is 69.6 Å². The highest BCUT2D eigenvalue weighted by molar-refractivity contribution is 5.34. The van der Waals surface area contributed by atoms with Crippen molar-refractivity contribution in [3.8, 4) is 5.82 Å². The maximum absolute atomic E-state index is 5.71. The standard InChI is InChI=1S/C11H13N5/c1-7-5-16(6-13-7)10-4-9(8-2-3-8)14-11(12)15-10/h4-6,8H,2-3H2,1H3,(H2,12,14,15). The summed E-state index contributed by atoms with van der Waals surface area (Å²) in [7, 11) is 0. The highest BCUT2D eigenvalue weighted by Gasteiger charge is 2.26. The van der Waals surface area contributed by atoms with Gasteiger partial charge in [0.15, 0.2) is 0 Å². The summed E-state index contributed by atoms with van der Waals surface area (Å²) >= 11 is 0. The maximum atomic E-state index is 5.71. The van der Waals surface area contributed by atoms with Gasteiger partial charge in [-0.25, -0.2) is 9.97 Å². The molecule has 0 unspecified atom stereocenters. The smallest absolute Gasteiger partial charge is 0.222 e. The summed E-state index contributed by atoms with van der Waals surface area (Å²) in [5.74, 6) is 1.72. The van der Waals surface area contributed by atoms with Gasteiger partial charge >= 0.3 is 0 Å². The number of nitrogens with zero attached hydrogens (tertiary/aromatic N) is 4. The van der Waals surface area contributed by atoms with Crippen molar-refractivity contribution >= 4 is 5.95 Å². The molecule has 0 radical (unpaired) electrons. The molecule has 82 valence electrons. The third-order valence-electron chi connectivity index (χ3n) is 2.72. The lowest BCUT2D eigenvalue weighted by atomic mass is 10.3. The number of imidazole rings is 1. The second-order valence-corrected chi connectivity index (χ2v) is 4.21. The van der Waals surface area contributed by atoms with Gasteiger partial charge in [0.2, 0.25) is 5.95 Å². The normalized spacial score (nSPS) is 15.3. The first-order valence-electron chi connectivity index (χ1n) is 5.38. The van der Waals surface area contributed by atoms with E-state index in [1.807, 2.05) is 23.8 Å². The zero-order valence-corrected chi connectivity index (χ0v) is 9.09. The Kier molecular flexibility index (Phi) is 1.92. The van der Waals surface area contributed by atoms with E-state index < -0.39 is 0 Å².